The van der Waals surface area contributed by atoms with Gasteiger partial charge in [0.1, 0.15) is 0 Å². The minimum atomic E-state index is -0.103. The molecule has 5 nitrogen and oxygen atoms in total. The lowest BCUT2D eigenvalue weighted by Gasteiger charge is -2.43. The van der Waals surface area contributed by atoms with E-state index >= 15 is 0 Å². The minimum absolute atomic E-state index is 0.00520. The first-order valence-electron chi connectivity index (χ1n) is 6.78. The second-order valence-electron chi connectivity index (χ2n) is 5.96. The van der Waals surface area contributed by atoms with Crippen LogP contribution in [0.1, 0.15) is 20.8 Å². The quantitative estimate of drug-likeness (QED) is 0.710. The Morgan fingerprint density at radius 1 is 1.33 bits per heavy atom. The van der Waals surface area contributed by atoms with Gasteiger partial charge in [-0.2, -0.15) is 0 Å². The molecule has 1 heterocycles. The Balaban J connectivity index is 2.41. The number of hydrogen-bond acceptors (Lipinski definition) is 4. The summed E-state index contributed by atoms with van der Waals surface area (Å²) < 4.78 is 0. The molecule has 1 aliphatic rings. The Morgan fingerprint density at radius 3 is 2.39 bits per heavy atom. The third-order valence-corrected chi connectivity index (χ3v) is 3.86. The monoisotopic (exact) mass is 256 g/mol. The lowest BCUT2D eigenvalue weighted by atomic mass is 10.0. The number of rotatable bonds is 5. The summed E-state index contributed by atoms with van der Waals surface area (Å²) in [6, 6.07) is 0. The Labute approximate surface area is 111 Å². The standard InChI is InChI=1S/C13H28N4O/c1-11(9-14)12(18)15-10-13(2,3)17-7-5-16(4)6-8-17/h11H,5-10,14H2,1-4H3,(H,15,18). The van der Waals surface area contributed by atoms with Gasteiger partial charge >= 0.3 is 0 Å². The van der Waals surface area contributed by atoms with Crippen LogP contribution in [0.25, 0.3) is 0 Å². The third kappa shape index (κ3) is 4.23. The summed E-state index contributed by atoms with van der Waals surface area (Å²) >= 11 is 0. The van der Waals surface area contributed by atoms with Crippen LogP contribution in [0, 0.1) is 5.92 Å². The molecule has 0 bridgehead atoms. The predicted molar refractivity (Wildman–Crippen MR) is 74.4 cm³/mol. The van der Waals surface area contributed by atoms with Crippen molar-refractivity contribution in [2.75, 3.05) is 46.3 Å². The zero-order valence-electron chi connectivity index (χ0n) is 12.2. The second-order valence-corrected chi connectivity index (χ2v) is 5.96. The average Bonchev–Trinajstić information content (AvgIpc) is 2.35. The lowest BCUT2D eigenvalue weighted by molar-refractivity contribution is -0.124. The van der Waals surface area contributed by atoms with Gasteiger partial charge in [-0.25, -0.2) is 0 Å². The summed E-state index contributed by atoms with van der Waals surface area (Å²) in [5.41, 5.74) is 5.50. The fraction of sp³-hybridized carbons (Fsp3) is 0.923. The number of piperazine rings is 1. The largest absolute Gasteiger partial charge is 0.354 e. The van der Waals surface area contributed by atoms with Crippen LogP contribution >= 0.6 is 0 Å². The first kappa shape index (κ1) is 15.4. The summed E-state index contributed by atoms with van der Waals surface area (Å²) in [6.07, 6.45) is 0. The highest BCUT2D eigenvalue weighted by Crippen LogP contribution is 2.15. The van der Waals surface area contributed by atoms with Gasteiger partial charge in [0.15, 0.2) is 0 Å². The SMILES string of the molecule is CC(CN)C(=O)NCC(C)(C)N1CCN(C)CC1. The molecule has 1 rings (SSSR count). The fourth-order valence-corrected chi connectivity index (χ4v) is 2.11. The van der Waals surface area contributed by atoms with Gasteiger partial charge in [0.25, 0.3) is 0 Å². The maximum Gasteiger partial charge on any atom is 0.224 e. The highest BCUT2D eigenvalue weighted by atomic mass is 16.1. The molecule has 5 heteroatoms. The lowest BCUT2D eigenvalue weighted by Crippen LogP contribution is -2.58. The van der Waals surface area contributed by atoms with E-state index in [-0.39, 0.29) is 17.4 Å². The van der Waals surface area contributed by atoms with Crippen molar-refractivity contribution in [2.24, 2.45) is 11.7 Å². The number of nitrogens with zero attached hydrogens (tertiary/aromatic N) is 2. The molecule has 1 saturated heterocycles. The number of hydrogen-bond donors (Lipinski definition) is 2. The Morgan fingerprint density at radius 2 is 1.89 bits per heavy atom. The number of nitrogens with one attached hydrogen (secondary N) is 1. The number of carbonyl (C=O) groups excluding carboxylic acids is 1. The van der Waals surface area contributed by atoms with Crippen molar-refractivity contribution in [3.8, 4) is 0 Å². The van der Waals surface area contributed by atoms with Crippen molar-refractivity contribution < 1.29 is 4.79 Å². The molecular formula is C13H28N4O. The molecule has 0 aromatic rings. The Bertz CT molecular complexity index is 272. The van der Waals surface area contributed by atoms with Crippen LogP contribution in [-0.2, 0) is 4.79 Å². The molecule has 3 N–H and O–H groups in total. The number of nitrogens with two attached hydrogens (primary N) is 1. The molecule has 1 fully saturated rings. The molecule has 0 aromatic heterocycles. The van der Waals surface area contributed by atoms with E-state index in [4.69, 9.17) is 5.73 Å². The van der Waals surface area contributed by atoms with E-state index in [9.17, 15) is 4.79 Å². The van der Waals surface area contributed by atoms with E-state index in [0.717, 1.165) is 26.2 Å². The van der Waals surface area contributed by atoms with Crippen LogP contribution in [0.15, 0.2) is 0 Å². The van der Waals surface area contributed by atoms with Crippen LogP contribution in [0.5, 0.6) is 0 Å². The zero-order valence-corrected chi connectivity index (χ0v) is 12.2. The van der Waals surface area contributed by atoms with Gasteiger partial charge in [-0.1, -0.05) is 6.92 Å². The van der Waals surface area contributed by atoms with Crippen LogP contribution in [0.2, 0.25) is 0 Å². The summed E-state index contributed by atoms with van der Waals surface area (Å²) in [6.45, 7) is 11.6. The molecule has 1 amide bonds. The summed E-state index contributed by atoms with van der Waals surface area (Å²) in [5.74, 6) is -0.0482. The van der Waals surface area contributed by atoms with Crippen LogP contribution in [0.3, 0.4) is 0 Å². The van der Waals surface area contributed by atoms with Crippen molar-refractivity contribution in [1.82, 2.24) is 15.1 Å². The fourth-order valence-electron chi connectivity index (χ4n) is 2.11. The maximum absolute atomic E-state index is 11.7. The van der Waals surface area contributed by atoms with Crippen molar-refractivity contribution in [2.45, 2.75) is 26.3 Å². The molecule has 1 atom stereocenters. The van der Waals surface area contributed by atoms with E-state index in [0.29, 0.717) is 13.1 Å². The predicted octanol–water partition coefficient (Wildman–Crippen LogP) is -0.277. The second kappa shape index (κ2) is 6.50. The van der Waals surface area contributed by atoms with Crippen LogP contribution in [0.4, 0.5) is 0 Å². The van der Waals surface area contributed by atoms with Crippen molar-refractivity contribution in [1.29, 1.82) is 0 Å². The number of likely N-dealkylation sites (N-methyl/N-ethyl adjacent to an activating group) is 1. The molecule has 106 valence electrons. The van der Waals surface area contributed by atoms with E-state index in [2.05, 4.69) is 36.0 Å². The van der Waals surface area contributed by atoms with E-state index in [1.54, 1.807) is 0 Å². The average molecular weight is 256 g/mol. The first-order chi connectivity index (χ1) is 8.36. The molecule has 0 saturated carbocycles. The molecule has 0 aliphatic carbocycles. The topological polar surface area (TPSA) is 61.6 Å². The molecule has 0 radical (unpaired) electrons. The molecular weight excluding hydrogens is 228 g/mol. The molecule has 1 aliphatic heterocycles. The maximum atomic E-state index is 11.7. The molecule has 18 heavy (non-hydrogen) atoms. The van der Waals surface area contributed by atoms with Gasteiger partial charge in [0, 0.05) is 50.7 Å². The molecule has 0 aromatic carbocycles. The Kier molecular flexibility index (Phi) is 5.56. The zero-order chi connectivity index (χ0) is 13.8. The van der Waals surface area contributed by atoms with Gasteiger partial charge in [0.05, 0.1) is 0 Å². The smallest absolute Gasteiger partial charge is 0.224 e. The summed E-state index contributed by atoms with van der Waals surface area (Å²) in [4.78, 5) is 16.5. The number of amides is 1. The van der Waals surface area contributed by atoms with Gasteiger partial charge in [-0.15, -0.1) is 0 Å². The summed E-state index contributed by atoms with van der Waals surface area (Å²) in [5, 5.41) is 3.01. The minimum Gasteiger partial charge on any atom is -0.354 e. The van der Waals surface area contributed by atoms with Gasteiger partial charge in [-0.3, -0.25) is 9.69 Å². The van der Waals surface area contributed by atoms with Crippen LogP contribution < -0.4 is 11.1 Å². The number of carbonyl (C=O) groups is 1. The van der Waals surface area contributed by atoms with Crippen molar-refractivity contribution in [3.63, 3.8) is 0 Å². The Hall–Kier alpha value is -0.650. The van der Waals surface area contributed by atoms with E-state index < -0.39 is 0 Å². The normalized spacial score (nSPS) is 20.7. The van der Waals surface area contributed by atoms with Crippen molar-refractivity contribution in [3.05, 3.63) is 0 Å². The van der Waals surface area contributed by atoms with Gasteiger partial charge < -0.3 is 16.0 Å². The van der Waals surface area contributed by atoms with Crippen molar-refractivity contribution >= 4 is 5.91 Å². The van der Waals surface area contributed by atoms with Gasteiger partial charge in [0.2, 0.25) is 5.91 Å². The van der Waals surface area contributed by atoms with Crippen LogP contribution in [-0.4, -0.2) is 67.6 Å². The highest BCUT2D eigenvalue weighted by Gasteiger charge is 2.29. The highest BCUT2D eigenvalue weighted by molar-refractivity contribution is 5.78. The molecule has 0 spiro atoms. The van der Waals surface area contributed by atoms with Gasteiger partial charge in [-0.05, 0) is 20.9 Å². The van der Waals surface area contributed by atoms with E-state index in [1.807, 2.05) is 6.92 Å². The first-order valence-corrected chi connectivity index (χ1v) is 6.78. The molecule has 1 unspecified atom stereocenters. The van der Waals surface area contributed by atoms with E-state index in [1.165, 1.54) is 0 Å². The third-order valence-electron chi connectivity index (χ3n) is 3.86. The summed E-state index contributed by atoms with van der Waals surface area (Å²) in [7, 11) is 2.15.